The van der Waals surface area contributed by atoms with Gasteiger partial charge in [-0.25, -0.2) is 14.2 Å². The quantitative estimate of drug-likeness (QED) is 0.421. The van der Waals surface area contributed by atoms with Crippen LogP contribution in [-0.2, 0) is 16.0 Å². The maximum Gasteiger partial charge on any atom is 0.490 e. The Kier molecular flexibility index (Phi) is 8.50. The molecule has 1 aromatic carbocycles. The number of amides is 1. The van der Waals surface area contributed by atoms with Crippen molar-refractivity contribution >= 4 is 22.8 Å². The number of likely N-dealkylation sites (tertiary alicyclic amines) is 1. The van der Waals surface area contributed by atoms with Gasteiger partial charge in [-0.05, 0) is 36.2 Å². The van der Waals surface area contributed by atoms with Crippen molar-refractivity contribution in [3.05, 3.63) is 53.9 Å². The maximum atomic E-state index is 13.7. The van der Waals surface area contributed by atoms with Crippen LogP contribution >= 0.6 is 0 Å². The molecule has 0 bridgehead atoms. The number of rotatable bonds is 5. The number of halogens is 4. The van der Waals surface area contributed by atoms with E-state index in [9.17, 15) is 27.6 Å². The van der Waals surface area contributed by atoms with Gasteiger partial charge in [0.05, 0.1) is 24.2 Å². The van der Waals surface area contributed by atoms with E-state index in [1.165, 1.54) is 11.1 Å². The van der Waals surface area contributed by atoms with Crippen molar-refractivity contribution in [1.29, 1.82) is 10.5 Å². The number of ether oxygens (including phenoxy) is 1. The molecule has 1 saturated heterocycles. The average molecular weight is 532 g/mol. The van der Waals surface area contributed by atoms with E-state index in [4.69, 9.17) is 25.6 Å². The molecule has 0 radical (unpaired) electrons. The number of carboxylic acids is 1. The van der Waals surface area contributed by atoms with E-state index in [0.29, 0.717) is 17.2 Å². The summed E-state index contributed by atoms with van der Waals surface area (Å²) >= 11 is 0. The van der Waals surface area contributed by atoms with Crippen molar-refractivity contribution in [2.75, 3.05) is 6.54 Å². The summed E-state index contributed by atoms with van der Waals surface area (Å²) < 4.78 is 51.2. The second-order valence-electron chi connectivity index (χ2n) is 8.20. The highest BCUT2D eigenvalue weighted by atomic mass is 19.4. The van der Waals surface area contributed by atoms with E-state index in [-0.39, 0.29) is 19.4 Å². The SMILES string of the molecule is N#Cc1ccc(Oc2ccc3[nH]cc(C[C@H](N)C(=O)N4C[C@@H](F)C[C@H]4C#N)c3c2)nc1.O=C(O)C(F)(F)F. The van der Waals surface area contributed by atoms with Crippen LogP contribution in [0.2, 0.25) is 0 Å². The number of carbonyl (C=O) groups is 2. The fraction of sp³-hybridized carbons (Fsp3) is 0.292. The van der Waals surface area contributed by atoms with Gasteiger partial charge in [0.1, 0.15) is 24.0 Å². The maximum absolute atomic E-state index is 13.7. The van der Waals surface area contributed by atoms with Gasteiger partial charge < -0.3 is 25.5 Å². The van der Waals surface area contributed by atoms with Crippen LogP contribution in [0.3, 0.4) is 0 Å². The molecule has 38 heavy (non-hydrogen) atoms. The van der Waals surface area contributed by atoms with Crippen molar-refractivity contribution < 1.29 is 37.0 Å². The average Bonchev–Trinajstić information content (AvgIpc) is 3.46. The highest BCUT2D eigenvalue weighted by Gasteiger charge is 2.38. The first-order chi connectivity index (χ1) is 17.9. The van der Waals surface area contributed by atoms with Gasteiger partial charge in [0.2, 0.25) is 11.8 Å². The molecule has 1 fully saturated rings. The van der Waals surface area contributed by atoms with Gasteiger partial charge in [0.15, 0.2) is 0 Å². The molecule has 0 unspecified atom stereocenters. The Morgan fingerprint density at radius 2 is 2.00 bits per heavy atom. The number of nitrogens with zero attached hydrogens (tertiary/aromatic N) is 4. The van der Waals surface area contributed by atoms with Crippen molar-refractivity contribution in [1.82, 2.24) is 14.9 Å². The van der Waals surface area contributed by atoms with Gasteiger partial charge in [0, 0.05) is 35.8 Å². The first-order valence-electron chi connectivity index (χ1n) is 11.0. The zero-order valence-corrected chi connectivity index (χ0v) is 19.4. The number of aliphatic carboxylic acids is 1. The lowest BCUT2D eigenvalue weighted by Crippen LogP contribution is -2.46. The summed E-state index contributed by atoms with van der Waals surface area (Å²) in [5.41, 5.74) is 8.21. The first kappa shape index (κ1) is 27.9. The van der Waals surface area contributed by atoms with Crippen LogP contribution in [0.4, 0.5) is 17.6 Å². The summed E-state index contributed by atoms with van der Waals surface area (Å²) in [6, 6.07) is 10.9. The Bertz CT molecular complexity index is 1390. The van der Waals surface area contributed by atoms with Crippen molar-refractivity contribution in [3.8, 4) is 23.8 Å². The molecule has 0 spiro atoms. The number of aromatic amines is 1. The number of H-pyrrole nitrogens is 1. The van der Waals surface area contributed by atoms with E-state index in [1.807, 2.05) is 24.3 Å². The second kappa shape index (κ2) is 11.6. The molecule has 14 heteroatoms. The van der Waals surface area contributed by atoms with E-state index in [2.05, 4.69) is 9.97 Å². The molecule has 2 aromatic heterocycles. The van der Waals surface area contributed by atoms with Gasteiger partial charge in [-0.15, -0.1) is 0 Å². The molecule has 3 aromatic rings. The molecule has 1 aliphatic heterocycles. The highest BCUT2D eigenvalue weighted by Crippen LogP contribution is 2.28. The molecule has 0 saturated carbocycles. The number of alkyl halides is 4. The third-order valence-electron chi connectivity index (χ3n) is 5.51. The summed E-state index contributed by atoms with van der Waals surface area (Å²) in [5, 5.41) is 26.0. The molecule has 1 aliphatic rings. The third-order valence-corrected chi connectivity index (χ3v) is 5.51. The first-order valence-corrected chi connectivity index (χ1v) is 11.0. The van der Waals surface area contributed by atoms with Gasteiger partial charge >= 0.3 is 12.1 Å². The fourth-order valence-corrected chi connectivity index (χ4v) is 3.71. The normalized spacial score (nSPS) is 17.6. The smallest absolute Gasteiger partial charge is 0.475 e. The minimum absolute atomic E-state index is 0.0200. The molecule has 198 valence electrons. The van der Waals surface area contributed by atoms with Gasteiger partial charge in [-0.1, -0.05) is 0 Å². The molecule has 10 nitrogen and oxygen atoms in total. The van der Waals surface area contributed by atoms with Crippen LogP contribution in [0.1, 0.15) is 17.5 Å². The van der Waals surface area contributed by atoms with Crippen LogP contribution < -0.4 is 10.5 Å². The second-order valence-corrected chi connectivity index (χ2v) is 8.20. The van der Waals surface area contributed by atoms with Crippen LogP contribution in [0.15, 0.2) is 42.7 Å². The predicted octanol–water partition coefficient (Wildman–Crippen LogP) is 3.19. The summed E-state index contributed by atoms with van der Waals surface area (Å²) in [6.07, 6.45) is -2.85. The standard InChI is InChI=1S/C22H19FN6O2.C2HF3O2/c23-15-6-16(9-25)29(12-15)22(30)19(26)5-14-11-27-20-3-2-17(7-18(14)20)31-21-4-1-13(8-24)10-28-21;3-2(4,5)1(6)7/h1-4,7,10-11,15-16,19,27H,5-6,12,26H2;(H,6,7)/t15-,16-,19-;/m0./s1. The van der Waals surface area contributed by atoms with Gasteiger partial charge in [-0.2, -0.15) is 23.7 Å². The number of fused-ring (bicyclic) bond motifs is 1. The monoisotopic (exact) mass is 532 g/mol. The molecule has 0 aliphatic carbocycles. The Morgan fingerprint density at radius 3 is 2.58 bits per heavy atom. The largest absolute Gasteiger partial charge is 0.490 e. The van der Waals surface area contributed by atoms with Gasteiger partial charge in [0.25, 0.3) is 0 Å². The number of hydrogen-bond acceptors (Lipinski definition) is 7. The van der Waals surface area contributed by atoms with Crippen LogP contribution in [0.5, 0.6) is 11.6 Å². The lowest BCUT2D eigenvalue weighted by atomic mass is 10.0. The number of pyridine rings is 1. The zero-order chi connectivity index (χ0) is 28.0. The van der Waals surface area contributed by atoms with Crippen LogP contribution in [0.25, 0.3) is 10.9 Å². The Morgan fingerprint density at radius 1 is 1.29 bits per heavy atom. The van der Waals surface area contributed by atoms with Crippen LogP contribution in [0, 0.1) is 22.7 Å². The molecular weight excluding hydrogens is 512 g/mol. The predicted molar refractivity (Wildman–Crippen MR) is 123 cm³/mol. The topological polar surface area (TPSA) is 169 Å². The number of nitriles is 2. The third kappa shape index (κ3) is 6.74. The van der Waals surface area contributed by atoms with E-state index >= 15 is 0 Å². The number of benzene rings is 1. The molecule has 4 rings (SSSR count). The lowest BCUT2D eigenvalue weighted by molar-refractivity contribution is -0.192. The Hall–Kier alpha value is -4.69. The number of carboxylic acid groups (broad SMARTS) is 1. The van der Waals surface area contributed by atoms with E-state index < -0.39 is 36.3 Å². The molecule has 4 N–H and O–H groups in total. The van der Waals surface area contributed by atoms with Gasteiger partial charge in [-0.3, -0.25) is 4.79 Å². The summed E-state index contributed by atoms with van der Waals surface area (Å²) in [7, 11) is 0. The lowest BCUT2D eigenvalue weighted by Gasteiger charge is -2.23. The summed E-state index contributed by atoms with van der Waals surface area (Å²) in [4.78, 5) is 30.1. The molecular formula is C24H20F4N6O4. The summed E-state index contributed by atoms with van der Waals surface area (Å²) in [6.45, 7) is -0.103. The highest BCUT2D eigenvalue weighted by molar-refractivity contribution is 5.87. The minimum atomic E-state index is -5.08. The van der Waals surface area contributed by atoms with E-state index in [1.54, 1.807) is 24.4 Å². The Labute approximate surface area is 212 Å². The van der Waals surface area contributed by atoms with Crippen molar-refractivity contribution in [2.45, 2.75) is 37.3 Å². The fourth-order valence-electron chi connectivity index (χ4n) is 3.71. The zero-order valence-electron chi connectivity index (χ0n) is 19.4. The molecule has 1 amide bonds. The Balaban J connectivity index is 0.000000505. The number of hydrogen-bond donors (Lipinski definition) is 3. The number of nitrogens with two attached hydrogens (primary N) is 1. The number of nitrogens with one attached hydrogen (secondary N) is 1. The number of aromatic nitrogens is 2. The van der Waals surface area contributed by atoms with Crippen LogP contribution in [-0.4, -0.2) is 62.8 Å². The molecule has 3 heterocycles. The van der Waals surface area contributed by atoms with Crippen molar-refractivity contribution in [3.63, 3.8) is 0 Å². The summed E-state index contributed by atoms with van der Waals surface area (Å²) in [5.74, 6) is -2.31. The van der Waals surface area contributed by atoms with Crippen molar-refractivity contribution in [2.24, 2.45) is 5.73 Å². The number of carbonyl (C=O) groups excluding carboxylic acids is 1. The minimum Gasteiger partial charge on any atom is -0.475 e. The van der Waals surface area contributed by atoms with E-state index in [0.717, 1.165) is 16.5 Å². The molecule has 3 atom stereocenters.